The minimum Gasteiger partial charge on any atom is -0.491 e. The SMILES string of the molecule is CN1CCOc2ccc(Cl)cc2C(=O)N2CCCCC2c2cc3nc(NC4CNC4)cc(n3n2)N(C)CC1. The molecule has 11 heteroatoms. The summed E-state index contributed by atoms with van der Waals surface area (Å²) in [6.45, 7) is 5.39. The summed E-state index contributed by atoms with van der Waals surface area (Å²) in [5, 5.41) is 12.4. The molecule has 1 aromatic carbocycles. The fraction of sp³-hybridized carbons (Fsp3) is 0.519. The van der Waals surface area contributed by atoms with Crippen LogP contribution in [0.4, 0.5) is 11.6 Å². The zero-order valence-electron chi connectivity index (χ0n) is 22.0. The first kappa shape index (κ1) is 25.2. The number of fused-ring (bicyclic) bond motifs is 4. The topological polar surface area (TPSA) is 90.3 Å². The van der Waals surface area contributed by atoms with Gasteiger partial charge in [-0.25, -0.2) is 4.98 Å². The summed E-state index contributed by atoms with van der Waals surface area (Å²) >= 11 is 6.34. The number of nitrogens with zero attached hydrogens (tertiary/aromatic N) is 6. The van der Waals surface area contributed by atoms with Gasteiger partial charge in [0.2, 0.25) is 0 Å². The van der Waals surface area contributed by atoms with Crippen LogP contribution in [0.3, 0.4) is 0 Å². The van der Waals surface area contributed by atoms with E-state index < -0.39 is 0 Å². The number of anilines is 2. The summed E-state index contributed by atoms with van der Waals surface area (Å²) in [5.74, 6) is 2.31. The van der Waals surface area contributed by atoms with Crippen LogP contribution in [-0.2, 0) is 0 Å². The quantitative estimate of drug-likeness (QED) is 0.515. The summed E-state index contributed by atoms with van der Waals surface area (Å²) in [6, 6.07) is 9.65. The molecule has 3 aliphatic rings. The molecule has 2 bridgehead atoms. The number of hydrogen-bond acceptors (Lipinski definition) is 8. The number of benzene rings is 1. The highest BCUT2D eigenvalue weighted by molar-refractivity contribution is 6.31. The molecular formula is C27H35ClN8O2. The predicted molar refractivity (Wildman–Crippen MR) is 149 cm³/mol. The first-order valence-corrected chi connectivity index (χ1v) is 13.8. The predicted octanol–water partition coefficient (Wildman–Crippen LogP) is 2.89. The van der Waals surface area contributed by atoms with Crippen LogP contribution in [0.2, 0.25) is 5.02 Å². The normalized spacial score (nSPS) is 21.7. The van der Waals surface area contributed by atoms with Gasteiger partial charge in [0.15, 0.2) is 5.65 Å². The third-order valence-corrected chi connectivity index (χ3v) is 8.01. The molecule has 1 atom stereocenters. The molecule has 10 nitrogen and oxygen atoms in total. The van der Waals surface area contributed by atoms with Crippen LogP contribution in [0.15, 0.2) is 30.3 Å². The van der Waals surface area contributed by atoms with Crippen LogP contribution >= 0.6 is 11.6 Å². The molecule has 3 aliphatic heterocycles. The van der Waals surface area contributed by atoms with E-state index in [1.165, 1.54) is 0 Å². The van der Waals surface area contributed by atoms with E-state index in [0.29, 0.717) is 35.5 Å². The first-order valence-electron chi connectivity index (χ1n) is 13.5. The van der Waals surface area contributed by atoms with Gasteiger partial charge >= 0.3 is 0 Å². The van der Waals surface area contributed by atoms with Gasteiger partial charge in [-0.1, -0.05) is 11.6 Å². The second-order valence-electron chi connectivity index (χ2n) is 10.6. The fourth-order valence-electron chi connectivity index (χ4n) is 5.38. The number of hydrogen-bond donors (Lipinski definition) is 2. The summed E-state index contributed by atoms with van der Waals surface area (Å²) in [6.07, 6.45) is 2.84. The van der Waals surface area contributed by atoms with Crippen molar-refractivity contribution in [2.45, 2.75) is 31.3 Å². The van der Waals surface area contributed by atoms with Crippen molar-refractivity contribution in [2.75, 3.05) is 70.2 Å². The molecular weight excluding hydrogens is 504 g/mol. The lowest BCUT2D eigenvalue weighted by Gasteiger charge is -2.35. The molecule has 6 rings (SSSR count). The number of aromatic nitrogens is 3. The standard InChI is InChI=1S/C27H35ClN8O2/c1-33-9-10-34(2)26-15-24(30-19-16-29-17-19)31-25-14-21(32-36(25)26)22-5-3-4-8-35(22)27(37)20-13-18(28)6-7-23(20)38-12-11-33/h6-7,13-15,19,22,29H,3-5,8-12,16-17H2,1-2H3,(H,30,31). The Labute approximate surface area is 227 Å². The molecule has 0 spiro atoms. The van der Waals surface area contributed by atoms with Gasteiger partial charge in [-0.3, -0.25) is 4.79 Å². The molecule has 0 saturated carbocycles. The summed E-state index contributed by atoms with van der Waals surface area (Å²) in [7, 11) is 4.17. The molecule has 0 radical (unpaired) electrons. The molecule has 38 heavy (non-hydrogen) atoms. The van der Waals surface area contributed by atoms with Crippen LogP contribution < -0.4 is 20.3 Å². The number of rotatable bonds is 2. The third-order valence-electron chi connectivity index (χ3n) is 7.78. The molecule has 2 fully saturated rings. The van der Waals surface area contributed by atoms with Gasteiger partial charge in [0, 0.05) is 63.5 Å². The number of halogens is 1. The second-order valence-corrected chi connectivity index (χ2v) is 11.0. The van der Waals surface area contributed by atoms with Gasteiger partial charge in [0.1, 0.15) is 24.0 Å². The van der Waals surface area contributed by atoms with Crippen molar-refractivity contribution >= 4 is 34.8 Å². The molecule has 1 amide bonds. The van der Waals surface area contributed by atoms with Crippen molar-refractivity contribution in [3.63, 3.8) is 0 Å². The van der Waals surface area contributed by atoms with Crippen LogP contribution in [0, 0.1) is 0 Å². The largest absolute Gasteiger partial charge is 0.491 e. The number of carbonyl (C=O) groups is 1. The van der Waals surface area contributed by atoms with Gasteiger partial charge in [-0.2, -0.15) is 9.61 Å². The third kappa shape index (κ3) is 5.00. The van der Waals surface area contributed by atoms with Gasteiger partial charge in [-0.15, -0.1) is 0 Å². The average molecular weight is 539 g/mol. The maximum atomic E-state index is 14.0. The Morgan fingerprint density at radius 1 is 1.08 bits per heavy atom. The summed E-state index contributed by atoms with van der Waals surface area (Å²) in [4.78, 5) is 25.3. The Morgan fingerprint density at radius 2 is 1.95 bits per heavy atom. The zero-order valence-corrected chi connectivity index (χ0v) is 22.7. The summed E-state index contributed by atoms with van der Waals surface area (Å²) < 4.78 is 8.06. The highest BCUT2D eigenvalue weighted by Gasteiger charge is 2.33. The maximum absolute atomic E-state index is 14.0. The Balaban J connectivity index is 1.44. The van der Waals surface area contributed by atoms with Crippen LogP contribution in [0.5, 0.6) is 5.75 Å². The maximum Gasteiger partial charge on any atom is 0.258 e. The Morgan fingerprint density at radius 3 is 2.76 bits per heavy atom. The van der Waals surface area contributed by atoms with Crippen molar-refractivity contribution in [1.29, 1.82) is 0 Å². The van der Waals surface area contributed by atoms with E-state index in [9.17, 15) is 4.79 Å². The van der Waals surface area contributed by atoms with Crippen molar-refractivity contribution < 1.29 is 9.53 Å². The van der Waals surface area contributed by atoms with E-state index in [1.54, 1.807) is 18.2 Å². The number of likely N-dealkylation sites (N-methyl/N-ethyl adjacent to an activating group) is 2. The highest BCUT2D eigenvalue weighted by Crippen LogP contribution is 2.35. The van der Waals surface area contributed by atoms with Crippen molar-refractivity contribution in [3.8, 4) is 5.75 Å². The smallest absolute Gasteiger partial charge is 0.258 e. The molecule has 1 unspecified atom stereocenters. The fourth-order valence-corrected chi connectivity index (χ4v) is 5.55. The van der Waals surface area contributed by atoms with Crippen LogP contribution in [-0.4, -0.2) is 96.3 Å². The molecule has 0 aliphatic carbocycles. The number of piperidine rings is 1. The molecule has 5 heterocycles. The van der Waals surface area contributed by atoms with E-state index in [0.717, 1.165) is 75.0 Å². The lowest BCUT2D eigenvalue weighted by Crippen LogP contribution is -2.51. The molecule has 2 saturated heterocycles. The van der Waals surface area contributed by atoms with E-state index >= 15 is 0 Å². The van der Waals surface area contributed by atoms with Gasteiger partial charge in [-0.05, 0) is 44.5 Å². The van der Waals surface area contributed by atoms with E-state index in [1.807, 2.05) is 15.5 Å². The number of amides is 1. The van der Waals surface area contributed by atoms with Crippen molar-refractivity contribution in [1.82, 2.24) is 29.7 Å². The Kier molecular flexibility index (Phi) is 7.03. The lowest BCUT2D eigenvalue weighted by molar-refractivity contribution is 0.0601. The molecule has 3 aromatic rings. The highest BCUT2D eigenvalue weighted by atomic mass is 35.5. The van der Waals surface area contributed by atoms with Crippen molar-refractivity contribution in [3.05, 3.63) is 46.6 Å². The van der Waals surface area contributed by atoms with Crippen LogP contribution in [0.25, 0.3) is 5.65 Å². The number of carbonyl (C=O) groups excluding carboxylic acids is 1. The molecule has 2 N–H and O–H groups in total. The minimum absolute atomic E-state index is 0.0742. The van der Waals surface area contributed by atoms with Crippen molar-refractivity contribution in [2.24, 2.45) is 0 Å². The molecule has 202 valence electrons. The second kappa shape index (κ2) is 10.6. The van der Waals surface area contributed by atoms with E-state index in [2.05, 4.69) is 40.6 Å². The minimum atomic E-state index is -0.144. The summed E-state index contributed by atoms with van der Waals surface area (Å²) in [5.41, 5.74) is 2.14. The Hall–Kier alpha value is -3.08. The Bertz CT molecular complexity index is 1330. The lowest BCUT2D eigenvalue weighted by atomic mass is 9.98. The number of nitrogens with one attached hydrogen (secondary N) is 2. The van der Waals surface area contributed by atoms with Gasteiger partial charge in [0.05, 0.1) is 23.3 Å². The molecule has 2 aromatic heterocycles. The van der Waals surface area contributed by atoms with Gasteiger partial charge < -0.3 is 30.1 Å². The number of ether oxygens (including phenoxy) is 1. The average Bonchev–Trinajstić information content (AvgIpc) is 3.33. The monoisotopic (exact) mass is 538 g/mol. The van der Waals surface area contributed by atoms with Crippen LogP contribution in [0.1, 0.15) is 41.4 Å². The van der Waals surface area contributed by atoms with E-state index in [4.69, 9.17) is 26.4 Å². The van der Waals surface area contributed by atoms with E-state index in [-0.39, 0.29) is 11.9 Å². The first-order chi connectivity index (χ1) is 18.5. The van der Waals surface area contributed by atoms with Gasteiger partial charge in [0.25, 0.3) is 5.91 Å². The zero-order chi connectivity index (χ0) is 26.2.